The van der Waals surface area contributed by atoms with Crippen molar-refractivity contribution in [2.45, 2.75) is 26.4 Å². The lowest BCUT2D eigenvalue weighted by atomic mass is 10.2. The molecule has 102 valence electrons. The molecule has 0 aliphatic carbocycles. The fourth-order valence-corrected chi connectivity index (χ4v) is 1.83. The van der Waals surface area contributed by atoms with E-state index in [2.05, 4.69) is 41.6 Å². The van der Waals surface area contributed by atoms with Crippen molar-refractivity contribution in [3.8, 4) is 5.69 Å². The summed E-state index contributed by atoms with van der Waals surface area (Å²) in [6.07, 6.45) is 3.72. The van der Waals surface area contributed by atoms with E-state index in [1.54, 1.807) is 6.20 Å². The normalized spacial score (nSPS) is 12.5. The van der Waals surface area contributed by atoms with Crippen LogP contribution in [0.3, 0.4) is 0 Å². The number of benzene rings is 1. The van der Waals surface area contributed by atoms with Gasteiger partial charge in [0.2, 0.25) is 0 Å². The molecule has 0 fully saturated rings. The molecular weight excluding hydrogens is 238 g/mol. The first kappa shape index (κ1) is 13.8. The number of hydrogen-bond acceptors (Lipinski definition) is 3. The molecule has 1 aromatic carbocycles. The van der Waals surface area contributed by atoms with Gasteiger partial charge in [0.05, 0.1) is 12.3 Å². The summed E-state index contributed by atoms with van der Waals surface area (Å²) in [7, 11) is 0. The third-order valence-corrected chi connectivity index (χ3v) is 2.93. The average molecular weight is 259 g/mol. The summed E-state index contributed by atoms with van der Waals surface area (Å²) in [4.78, 5) is 0. The van der Waals surface area contributed by atoms with Crippen LogP contribution in [0.2, 0.25) is 0 Å². The van der Waals surface area contributed by atoms with Crippen LogP contribution in [0.1, 0.15) is 19.4 Å². The molecular formula is C15H21N3O. The van der Waals surface area contributed by atoms with Gasteiger partial charge < -0.3 is 10.1 Å². The molecule has 1 N–H and O–H groups in total. The summed E-state index contributed by atoms with van der Waals surface area (Å²) in [6.45, 7) is 6.52. The van der Waals surface area contributed by atoms with Crippen LogP contribution < -0.4 is 5.32 Å². The van der Waals surface area contributed by atoms with Crippen molar-refractivity contribution < 1.29 is 4.74 Å². The van der Waals surface area contributed by atoms with Crippen LogP contribution in [0.5, 0.6) is 0 Å². The Bertz CT molecular complexity index is 465. The van der Waals surface area contributed by atoms with Gasteiger partial charge in [0, 0.05) is 31.6 Å². The lowest BCUT2D eigenvalue weighted by Crippen LogP contribution is -2.30. The van der Waals surface area contributed by atoms with Crippen molar-refractivity contribution in [1.82, 2.24) is 15.1 Å². The van der Waals surface area contributed by atoms with E-state index in [9.17, 15) is 0 Å². The maximum atomic E-state index is 5.38. The van der Waals surface area contributed by atoms with E-state index >= 15 is 0 Å². The predicted octanol–water partition coefficient (Wildman–Crippen LogP) is 2.39. The maximum Gasteiger partial charge on any atom is 0.0645 e. The van der Waals surface area contributed by atoms with E-state index < -0.39 is 0 Å². The van der Waals surface area contributed by atoms with Gasteiger partial charge in [-0.15, -0.1) is 0 Å². The summed E-state index contributed by atoms with van der Waals surface area (Å²) >= 11 is 0. The Hall–Kier alpha value is -1.65. The molecule has 0 aliphatic heterocycles. The van der Waals surface area contributed by atoms with Gasteiger partial charge >= 0.3 is 0 Å². The molecule has 0 aliphatic rings. The van der Waals surface area contributed by atoms with Crippen LogP contribution in [-0.4, -0.2) is 29.0 Å². The van der Waals surface area contributed by atoms with Gasteiger partial charge in [-0.05, 0) is 37.6 Å². The Labute approximate surface area is 114 Å². The molecule has 0 saturated heterocycles. The molecule has 2 aromatic rings. The minimum atomic E-state index is 0.366. The van der Waals surface area contributed by atoms with Crippen molar-refractivity contribution >= 4 is 0 Å². The summed E-state index contributed by atoms with van der Waals surface area (Å²) in [5, 5.41) is 7.65. The first-order chi connectivity index (χ1) is 9.29. The zero-order valence-corrected chi connectivity index (χ0v) is 11.5. The van der Waals surface area contributed by atoms with Crippen LogP contribution in [0.25, 0.3) is 5.69 Å². The monoisotopic (exact) mass is 259 g/mol. The van der Waals surface area contributed by atoms with Crippen molar-refractivity contribution in [2.75, 3.05) is 13.2 Å². The second-order valence-corrected chi connectivity index (χ2v) is 4.56. The highest BCUT2D eigenvalue weighted by atomic mass is 16.5. The number of aromatic nitrogens is 2. The smallest absolute Gasteiger partial charge is 0.0645 e. The van der Waals surface area contributed by atoms with Crippen LogP contribution >= 0.6 is 0 Å². The Morgan fingerprint density at radius 3 is 2.74 bits per heavy atom. The van der Waals surface area contributed by atoms with E-state index in [1.807, 2.05) is 23.9 Å². The van der Waals surface area contributed by atoms with Gasteiger partial charge in [-0.1, -0.05) is 12.1 Å². The van der Waals surface area contributed by atoms with Crippen LogP contribution in [-0.2, 0) is 11.3 Å². The van der Waals surface area contributed by atoms with Gasteiger partial charge in [0.25, 0.3) is 0 Å². The number of nitrogens with one attached hydrogen (secondary N) is 1. The first-order valence-electron chi connectivity index (χ1n) is 6.69. The molecule has 1 atom stereocenters. The Morgan fingerprint density at radius 2 is 2.11 bits per heavy atom. The average Bonchev–Trinajstić information content (AvgIpc) is 2.97. The van der Waals surface area contributed by atoms with Crippen LogP contribution in [0, 0.1) is 0 Å². The molecule has 2 rings (SSSR count). The quantitative estimate of drug-likeness (QED) is 0.830. The van der Waals surface area contributed by atoms with Crippen molar-refractivity contribution in [2.24, 2.45) is 0 Å². The van der Waals surface area contributed by atoms with Gasteiger partial charge in [0.1, 0.15) is 0 Å². The molecule has 1 aromatic heterocycles. The molecule has 1 heterocycles. The van der Waals surface area contributed by atoms with Crippen molar-refractivity contribution in [3.05, 3.63) is 48.3 Å². The highest BCUT2D eigenvalue weighted by molar-refractivity contribution is 5.33. The van der Waals surface area contributed by atoms with Gasteiger partial charge in [-0.2, -0.15) is 5.10 Å². The van der Waals surface area contributed by atoms with Crippen LogP contribution in [0.4, 0.5) is 0 Å². The van der Waals surface area contributed by atoms with Gasteiger partial charge in [0.15, 0.2) is 0 Å². The summed E-state index contributed by atoms with van der Waals surface area (Å²) < 4.78 is 7.23. The molecule has 4 heteroatoms. The molecule has 1 unspecified atom stereocenters. The Kier molecular flexibility index (Phi) is 5.12. The Balaban J connectivity index is 1.85. The zero-order chi connectivity index (χ0) is 13.5. The zero-order valence-electron chi connectivity index (χ0n) is 11.5. The third kappa shape index (κ3) is 4.19. The molecule has 4 nitrogen and oxygen atoms in total. The summed E-state index contributed by atoms with van der Waals surface area (Å²) in [5.74, 6) is 0. The van der Waals surface area contributed by atoms with Crippen LogP contribution in [0.15, 0.2) is 42.7 Å². The topological polar surface area (TPSA) is 39.1 Å². The summed E-state index contributed by atoms with van der Waals surface area (Å²) in [5.41, 5.74) is 2.34. The number of ether oxygens (including phenoxy) is 1. The fraction of sp³-hybridized carbons (Fsp3) is 0.400. The second-order valence-electron chi connectivity index (χ2n) is 4.56. The molecule has 0 amide bonds. The standard InChI is InChI=1S/C15H21N3O/c1-3-19-12-13(2)16-11-14-5-7-15(8-6-14)18-10-4-9-17-18/h4-10,13,16H,3,11-12H2,1-2H3. The lowest BCUT2D eigenvalue weighted by molar-refractivity contribution is 0.127. The van der Waals surface area contributed by atoms with E-state index in [4.69, 9.17) is 4.74 Å². The van der Waals surface area contributed by atoms with Crippen molar-refractivity contribution in [1.29, 1.82) is 0 Å². The van der Waals surface area contributed by atoms with E-state index in [-0.39, 0.29) is 0 Å². The lowest BCUT2D eigenvalue weighted by Gasteiger charge is -2.13. The first-order valence-corrected chi connectivity index (χ1v) is 6.69. The fourth-order valence-electron chi connectivity index (χ4n) is 1.83. The van der Waals surface area contributed by atoms with E-state index in [1.165, 1.54) is 5.56 Å². The van der Waals surface area contributed by atoms with E-state index in [0.29, 0.717) is 6.04 Å². The highest BCUT2D eigenvalue weighted by Gasteiger charge is 2.01. The van der Waals surface area contributed by atoms with Gasteiger partial charge in [-0.25, -0.2) is 4.68 Å². The third-order valence-electron chi connectivity index (χ3n) is 2.93. The largest absolute Gasteiger partial charge is 0.380 e. The maximum absolute atomic E-state index is 5.38. The second kappa shape index (κ2) is 7.07. The SMILES string of the molecule is CCOCC(C)NCc1ccc(-n2cccn2)cc1. The van der Waals surface area contributed by atoms with E-state index in [0.717, 1.165) is 25.4 Å². The number of rotatable bonds is 7. The molecule has 0 bridgehead atoms. The molecule has 19 heavy (non-hydrogen) atoms. The molecule has 0 saturated carbocycles. The minimum absolute atomic E-state index is 0.366. The predicted molar refractivity (Wildman–Crippen MR) is 76.4 cm³/mol. The highest BCUT2D eigenvalue weighted by Crippen LogP contribution is 2.08. The number of hydrogen-bond donors (Lipinski definition) is 1. The summed E-state index contributed by atoms with van der Waals surface area (Å²) in [6, 6.07) is 10.7. The number of nitrogens with zero attached hydrogens (tertiary/aromatic N) is 2. The van der Waals surface area contributed by atoms with Gasteiger partial charge in [-0.3, -0.25) is 0 Å². The molecule has 0 spiro atoms. The molecule has 0 radical (unpaired) electrons. The van der Waals surface area contributed by atoms with Crippen molar-refractivity contribution in [3.63, 3.8) is 0 Å². The minimum Gasteiger partial charge on any atom is -0.380 e. The Morgan fingerprint density at radius 1 is 1.32 bits per heavy atom.